The maximum atomic E-state index is 14.4. The molecule has 2 saturated heterocycles. The number of likely N-dealkylation sites (tertiary alicyclic amines) is 2. The number of amides is 2. The molecule has 0 spiro atoms. The van der Waals surface area contributed by atoms with Crippen molar-refractivity contribution < 1.29 is 47.0 Å². The normalized spacial score (nSPS) is 23.1. The molecule has 0 bridgehead atoms. The van der Waals surface area contributed by atoms with Crippen molar-refractivity contribution in [2.45, 2.75) is 139 Å². The standard InChI is InChI=1S/C52H64Cl2N4O10Si2/c1-9-69(10-2,11-3)67-51-29-43(45(59)63-7)57(49(61)65-31-33-21-17-15-18-22-33)47(51)55-41-27-39(53)35(25-37(41)51)36-26-38-42(28-40(36)54)56-48-52(38,68-70(12-4,13-5)14-6)30-44(46(60)64-8)58(48)50(62)66-32-34-23-19-16-20-24-34/h15-28,43-44,47-48,55-56H,9-14,29-32H2,1-8H3/t43-,44-,47-,48-,51+,52+/m0/s1. The van der Waals surface area contributed by atoms with E-state index in [9.17, 15) is 19.2 Å². The second-order valence-electron chi connectivity index (χ2n) is 18.7. The molecule has 4 aromatic rings. The number of rotatable bonds is 17. The van der Waals surface area contributed by atoms with E-state index in [0.717, 1.165) is 47.4 Å². The number of fused-ring (bicyclic) bond motifs is 6. The monoisotopic (exact) mass is 1030 g/mol. The van der Waals surface area contributed by atoms with Crippen LogP contribution in [0.5, 0.6) is 0 Å². The predicted octanol–water partition coefficient (Wildman–Crippen LogP) is 11.8. The number of carbonyl (C=O) groups is 4. The summed E-state index contributed by atoms with van der Waals surface area (Å²) in [5.41, 5.74) is 2.96. The molecule has 4 aliphatic heterocycles. The summed E-state index contributed by atoms with van der Waals surface area (Å²) in [5, 5.41) is 7.84. The maximum absolute atomic E-state index is 14.4. The largest absolute Gasteiger partial charge is 0.467 e. The third-order valence-electron chi connectivity index (χ3n) is 15.5. The fourth-order valence-corrected chi connectivity index (χ4v) is 17.8. The van der Waals surface area contributed by atoms with Crippen LogP contribution in [0.3, 0.4) is 0 Å². The van der Waals surface area contributed by atoms with Crippen molar-refractivity contribution in [3.8, 4) is 11.1 Å². The number of ether oxygens (including phenoxy) is 4. The van der Waals surface area contributed by atoms with E-state index in [0.29, 0.717) is 43.7 Å². The van der Waals surface area contributed by atoms with E-state index in [2.05, 4.69) is 52.2 Å². The van der Waals surface area contributed by atoms with Gasteiger partial charge in [-0.25, -0.2) is 19.2 Å². The van der Waals surface area contributed by atoms with Gasteiger partial charge in [0.15, 0.2) is 16.6 Å². The van der Waals surface area contributed by atoms with E-state index >= 15 is 0 Å². The lowest BCUT2D eigenvalue weighted by molar-refractivity contribution is -0.146. The summed E-state index contributed by atoms with van der Waals surface area (Å²) in [5.74, 6) is -1.19. The first-order valence-electron chi connectivity index (χ1n) is 24.4. The summed E-state index contributed by atoms with van der Waals surface area (Å²) in [6.07, 6.45) is -2.96. The van der Waals surface area contributed by atoms with Gasteiger partial charge in [0.2, 0.25) is 0 Å². The van der Waals surface area contributed by atoms with E-state index in [1.807, 2.05) is 84.9 Å². The minimum absolute atomic E-state index is 0.00569. The van der Waals surface area contributed by atoms with Gasteiger partial charge in [0.05, 0.1) is 24.3 Å². The van der Waals surface area contributed by atoms with Crippen LogP contribution in [0.25, 0.3) is 11.1 Å². The van der Waals surface area contributed by atoms with Crippen LogP contribution in [0.4, 0.5) is 21.0 Å². The van der Waals surface area contributed by atoms with E-state index in [-0.39, 0.29) is 26.1 Å². The number of hydrogen-bond acceptors (Lipinski definition) is 12. The molecule has 374 valence electrons. The Kier molecular flexibility index (Phi) is 15.0. The van der Waals surface area contributed by atoms with Crippen molar-refractivity contribution in [2.75, 3.05) is 24.9 Å². The van der Waals surface area contributed by atoms with Gasteiger partial charge < -0.3 is 38.4 Å². The highest BCUT2D eigenvalue weighted by Gasteiger charge is 2.66. The van der Waals surface area contributed by atoms with Gasteiger partial charge in [-0.3, -0.25) is 9.80 Å². The van der Waals surface area contributed by atoms with Crippen molar-refractivity contribution in [1.29, 1.82) is 0 Å². The van der Waals surface area contributed by atoms with Crippen molar-refractivity contribution in [3.05, 3.63) is 117 Å². The van der Waals surface area contributed by atoms with Crippen molar-refractivity contribution in [1.82, 2.24) is 9.80 Å². The van der Waals surface area contributed by atoms with Crippen molar-refractivity contribution in [2.24, 2.45) is 0 Å². The van der Waals surface area contributed by atoms with Crippen LogP contribution in [0.15, 0.2) is 84.9 Å². The highest BCUT2D eigenvalue weighted by Crippen LogP contribution is 2.59. The first-order chi connectivity index (χ1) is 33.6. The zero-order chi connectivity index (χ0) is 50.2. The van der Waals surface area contributed by atoms with Gasteiger partial charge in [-0.2, -0.15) is 0 Å². The molecule has 2 amide bonds. The third kappa shape index (κ3) is 8.86. The van der Waals surface area contributed by atoms with Crippen molar-refractivity contribution >= 4 is 75.3 Å². The quantitative estimate of drug-likeness (QED) is 0.0588. The van der Waals surface area contributed by atoms with Crippen LogP contribution in [-0.2, 0) is 61.8 Å². The lowest BCUT2D eigenvalue weighted by Gasteiger charge is -2.41. The summed E-state index contributed by atoms with van der Waals surface area (Å²) < 4.78 is 37.8. The highest BCUT2D eigenvalue weighted by molar-refractivity contribution is 6.74. The Morgan fingerprint density at radius 1 is 0.571 bits per heavy atom. The summed E-state index contributed by atoms with van der Waals surface area (Å²) in [7, 11) is -2.46. The molecule has 0 aromatic heterocycles. The number of nitrogens with one attached hydrogen (secondary N) is 2. The summed E-state index contributed by atoms with van der Waals surface area (Å²) in [4.78, 5) is 59.3. The van der Waals surface area contributed by atoms with E-state index in [1.54, 1.807) is 0 Å². The number of anilines is 2. The van der Waals surface area contributed by atoms with Gasteiger partial charge in [0, 0.05) is 46.5 Å². The van der Waals surface area contributed by atoms with Gasteiger partial charge in [0.1, 0.15) is 48.8 Å². The van der Waals surface area contributed by atoms with Gasteiger partial charge in [-0.05, 0) is 71.7 Å². The second kappa shape index (κ2) is 20.6. The van der Waals surface area contributed by atoms with Crippen LogP contribution < -0.4 is 10.6 Å². The molecule has 2 N–H and O–H groups in total. The summed E-state index contributed by atoms with van der Waals surface area (Å²) in [6, 6.07) is 28.9. The van der Waals surface area contributed by atoms with Crippen LogP contribution >= 0.6 is 23.2 Å². The molecule has 0 unspecified atom stereocenters. The Balaban J connectivity index is 1.26. The number of benzene rings is 4. The Morgan fingerprint density at radius 2 is 0.914 bits per heavy atom. The molecule has 6 atom stereocenters. The second-order valence-corrected chi connectivity index (χ2v) is 28.9. The van der Waals surface area contributed by atoms with E-state index < -0.39 is 76.4 Å². The van der Waals surface area contributed by atoms with E-state index in [1.165, 1.54) is 24.0 Å². The van der Waals surface area contributed by atoms with Crippen LogP contribution in [-0.4, -0.2) is 89.2 Å². The molecule has 0 aliphatic carbocycles. The van der Waals surface area contributed by atoms with Gasteiger partial charge in [-0.1, -0.05) is 125 Å². The van der Waals surface area contributed by atoms with Crippen LogP contribution in [0.2, 0.25) is 46.3 Å². The number of esters is 2. The maximum Gasteiger partial charge on any atom is 0.412 e. The number of carbonyl (C=O) groups excluding carboxylic acids is 4. The molecule has 18 heteroatoms. The number of hydrogen-bond donors (Lipinski definition) is 2. The molecule has 4 aliphatic rings. The Hall–Kier alpha value is -5.11. The Morgan fingerprint density at radius 3 is 1.23 bits per heavy atom. The zero-order valence-corrected chi connectivity index (χ0v) is 44.7. The zero-order valence-electron chi connectivity index (χ0n) is 41.2. The molecule has 4 aromatic carbocycles. The number of halogens is 2. The van der Waals surface area contributed by atoms with Gasteiger partial charge in [-0.15, -0.1) is 0 Å². The first kappa shape index (κ1) is 51.3. The fraction of sp³-hybridized carbons (Fsp3) is 0.462. The average molecular weight is 1030 g/mol. The first-order valence-corrected chi connectivity index (χ1v) is 30.2. The molecule has 0 radical (unpaired) electrons. The van der Waals surface area contributed by atoms with Crippen LogP contribution in [0.1, 0.15) is 76.6 Å². The van der Waals surface area contributed by atoms with Gasteiger partial charge >= 0.3 is 24.1 Å². The molecule has 0 saturated carbocycles. The lowest BCUT2D eigenvalue weighted by atomic mass is 9.86. The predicted molar refractivity (Wildman–Crippen MR) is 274 cm³/mol. The molecular formula is C52H64Cl2N4O10Si2. The molecular weight excluding hydrogens is 968 g/mol. The topological polar surface area (TPSA) is 154 Å². The molecule has 14 nitrogen and oxygen atoms in total. The average Bonchev–Trinajstić information content (AvgIpc) is 4.07. The number of nitrogens with zero attached hydrogens (tertiary/aromatic N) is 2. The highest BCUT2D eigenvalue weighted by atomic mass is 35.5. The Bertz CT molecular complexity index is 2410. The third-order valence-corrected chi connectivity index (χ3v) is 25.5. The van der Waals surface area contributed by atoms with Gasteiger partial charge in [0.25, 0.3) is 0 Å². The van der Waals surface area contributed by atoms with Crippen molar-refractivity contribution in [3.63, 3.8) is 0 Å². The summed E-state index contributed by atoms with van der Waals surface area (Å²) >= 11 is 14.7. The van der Waals surface area contributed by atoms with E-state index in [4.69, 9.17) is 51.0 Å². The molecule has 8 rings (SSSR count). The lowest BCUT2D eigenvalue weighted by Crippen LogP contribution is -2.54. The minimum atomic E-state index is -2.54. The minimum Gasteiger partial charge on any atom is -0.467 e. The van der Waals surface area contributed by atoms with Crippen LogP contribution in [0, 0.1) is 0 Å². The summed E-state index contributed by atoms with van der Waals surface area (Å²) in [6.45, 7) is 12.8. The molecule has 70 heavy (non-hydrogen) atoms. The molecule has 2 fully saturated rings. The molecule has 4 heterocycles. The smallest absolute Gasteiger partial charge is 0.412 e. The SMILES string of the molecule is CC[Si](CC)(CC)O[C@@]12C[C@@H](C(=O)OC)N(C(=O)OCc3ccccc3)[C@@H]1Nc1cc(Cl)c(-c3cc4c(cc3Cl)N[C@H]3N(C(=O)OCc5ccccc5)[C@H](C(=O)OC)C[C@@]43O[Si](CC)(CC)CC)cc12. The fourth-order valence-electron chi connectivity index (χ4n) is 11.2. The Labute approximate surface area is 422 Å². The number of methoxy groups -OCH3 is 2.